The van der Waals surface area contributed by atoms with Gasteiger partial charge in [0.15, 0.2) is 0 Å². The van der Waals surface area contributed by atoms with Gasteiger partial charge in [0.05, 0.1) is 6.21 Å². The predicted octanol–water partition coefficient (Wildman–Crippen LogP) is 3.76. The van der Waals surface area contributed by atoms with Crippen LogP contribution in [0.4, 0.5) is 5.95 Å². The summed E-state index contributed by atoms with van der Waals surface area (Å²) in [5.41, 5.74) is 4.93. The molecule has 0 amide bonds. The molecule has 0 fully saturated rings. The summed E-state index contributed by atoms with van der Waals surface area (Å²) in [6.07, 6.45) is 1.62. The van der Waals surface area contributed by atoms with Crippen LogP contribution >= 0.6 is 11.6 Å². The van der Waals surface area contributed by atoms with Gasteiger partial charge in [0.25, 0.3) is 5.56 Å². The molecule has 3 rings (SSSR count). The zero-order valence-electron chi connectivity index (χ0n) is 14.1. The SMILES string of the molecule is Cc1cc(=O)[nH]c(N/N=C/c2cccc(OCc3cccc(Cl)c3)c2)n1. The molecular weight excluding hydrogens is 352 g/mol. The van der Waals surface area contributed by atoms with Crippen LogP contribution in [-0.4, -0.2) is 16.2 Å². The van der Waals surface area contributed by atoms with Crippen molar-refractivity contribution in [2.45, 2.75) is 13.5 Å². The minimum absolute atomic E-state index is 0.230. The topological polar surface area (TPSA) is 79.4 Å². The normalized spacial score (nSPS) is 10.8. The van der Waals surface area contributed by atoms with Crippen molar-refractivity contribution in [2.24, 2.45) is 5.10 Å². The maximum Gasteiger partial charge on any atom is 0.252 e. The van der Waals surface area contributed by atoms with Crippen LogP contribution in [-0.2, 0) is 6.61 Å². The van der Waals surface area contributed by atoms with Gasteiger partial charge in [-0.3, -0.25) is 9.78 Å². The van der Waals surface area contributed by atoms with Crippen molar-refractivity contribution in [3.8, 4) is 5.75 Å². The fourth-order valence-corrected chi connectivity index (χ4v) is 2.49. The summed E-state index contributed by atoms with van der Waals surface area (Å²) in [6, 6.07) is 16.5. The van der Waals surface area contributed by atoms with E-state index in [0.717, 1.165) is 16.9 Å². The van der Waals surface area contributed by atoms with Gasteiger partial charge in [-0.05, 0) is 42.3 Å². The molecule has 132 valence electrons. The van der Waals surface area contributed by atoms with Gasteiger partial charge in [0.2, 0.25) is 5.95 Å². The van der Waals surface area contributed by atoms with Gasteiger partial charge < -0.3 is 4.74 Å². The molecule has 7 heteroatoms. The van der Waals surface area contributed by atoms with Crippen LogP contribution in [0.15, 0.2) is 64.5 Å². The maximum atomic E-state index is 11.4. The highest BCUT2D eigenvalue weighted by molar-refractivity contribution is 6.30. The van der Waals surface area contributed by atoms with E-state index in [0.29, 0.717) is 23.3 Å². The molecule has 0 spiro atoms. The molecule has 0 unspecified atom stereocenters. The first-order valence-corrected chi connectivity index (χ1v) is 8.31. The summed E-state index contributed by atoms with van der Waals surface area (Å²) in [4.78, 5) is 18.1. The number of hydrogen-bond donors (Lipinski definition) is 2. The lowest BCUT2D eigenvalue weighted by Gasteiger charge is -2.07. The van der Waals surface area contributed by atoms with E-state index in [1.54, 1.807) is 13.1 Å². The number of hydrazone groups is 1. The molecular formula is C19H17ClN4O2. The second kappa shape index (κ2) is 8.31. The minimum atomic E-state index is -0.230. The second-order valence-electron chi connectivity index (χ2n) is 5.60. The molecule has 0 aliphatic carbocycles. The highest BCUT2D eigenvalue weighted by Gasteiger charge is 1.99. The summed E-state index contributed by atoms with van der Waals surface area (Å²) < 4.78 is 5.78. The molecule has 1 aromatic heterocycles. The number of anilines is 1. The van der Waals surface area contributed by atoms with E-state index in [2.05, 4.69) is 20.5 Å². The van der Waals surface area contributed by atoms with Crippen LogP contribution in [0.5, 0.6) is 5.75 Å². The number of halogens is 1. The Labute approximate surface area is 155 Å². The number of benzene rings is 2. The Morgan fingerprint density at radius 1 is 1.23 bits per heavy atom. The Hall–Kier alpha value is -3.12. The summed E-state index contributed by atoms with van der Waals surface area (Å²) >= 11 is 5.97. The van der Waals surface area contributed by atoms with E-state index in [9.17, 15) is 4.79 Å². The summed E-state index contributed by atoms with van der Waals surface area (Å²) in [7, 11) is 0. The summed E-state index contributed by atoms with van der Waals surface area (Å²) in [5.74, 6) is 1.01. The van der Waals surface area contributed by atoms with E-state index in [1.807, 2.05) is 48.5 Å². The number of H-pyrrole nitrogens is 1. The standard InChI is InChI=1S/C19H17ClN4O2/c1-13-8-18(25)23-19(22-13)24-21-11-14-4-3-7-17(10-14)26-12-15-5-2-6-16(20)9-15/h2-11H,12H2,1H3,(H2,22,23,24,25)/b21-11+. The van der Waals surface area contributed by atoms with Crippen molar-refractivity contribution in [3.05, 3.63) is 86.8 Å². The summed E-state index contributed by atoms with van der Waals surface area (Å²) in [6.45, 7) is 2.17. The molecule has 0 saturated heterocycles. The van der Waals surface area contributed by atoms with Gasteiger partial charge in [0, 0.05) is 16.8 Å². The maximum absolute atomic E-state index is 11.4. The Morgan fingerprint density at radius 3 is 2.88 bits per heavy atom. The number of rotatable bonds is 6. The lowest BCUT2D eigenvalue weighted by Crippen LogP contribution is -2.10. The molecule has 0 radical (unpaired) electrons. The Bertz CT molecular complexity index is 985. The quantitative estimate of drug-likeness (QED) is 0.513. The van der Waals surface area contributed by atoms with Crippen molar-refractivity contribution >= 4 is 23.8 Å². The average Bonchev–Trinajstić information content (AvgIpc) is 2.60. The molecule has 0 saturated carbocycles. The number of aryl methyl sites for hydroxylation is 1. The smallest absolute Gasteiger partial charge is 0.252 e. The van der Waals surface area contributed by atoms with E-state index < -0.39 is 0 Å². The van der Waals surface area contributed by atoms with Crippen LogP contribution in [0, 0.1) is 6.92 Å². The van der Waals surface area contributed by atoms with Crippen LogP contribution in [0.2, 0.25) is 5.02 Å². The lowest BCUT2D eigenvalue weighted by molar-refractivity contribution is 0.306. The molecule has 0 atom stereocenters. The van der Waals surface area contributed by atoms with E-state index >= 15 is 0 Å². The van der Waals surface area contributed by atoms with Crippen LogP contribution in [0.25, 0.3) is 0 Å². The molecule has 26 heavy (non-hydrogen) atoms. The number of aromatic nitrogens is 2. The number of nitrogens with zero attached hydrogens (tertiary/aromatic N) is 2. The van der Waals surface area contributed by atoms with Gasteiger partial charge in [-0.1, -0.05) is 35.9 Å². The number of ether oxygens (including phenoxy) is 1. The lowest BCUT2D eigenvalue weighted by atomic mass is 10.2. The molecule has 0 aliphatic rings. The van der Waals surface area contributed by atoms with Crippen molar-refractivity contribution < 1.29 is 4.74 Å². The largest absolute Gasteiger partial charge is 0.489 e. The molecule has 6 nitrogen and oxygen atoms in total. The number of hydrogen-bond acceptors (Lipinski definition) is 5. The Morgan fingerprint density at radius 2 is 2.08 bits per heavy atom. The second-order valence-corrected chi connectivity index (χ2v) is 6.03. The third-order valence-electron chi connectivity index (χ3n) is 3.41. The number of aromatic amines is 1. The highest BCUT2D eigenvalue weighted by atomic mass is 35.5. The third kappa shape index (κ3) is 5.19. The zero-order chi connectivity index (χ0) is 18.4. The van der Waals surface area contributed by atoms with Crippen LogP contribution in [0.3, 0.4) is 0 Å². The Kier molecular flexibility index (Phi) is 5.66. The molecule has 2 aromatic carbocycles. The van der Waals surface area contributed by atoms with Gasteiger partial charge in [0.1, 0.15) is 12.4 Å². The van der Waals surface area contributed by atoms with Gasteiger partial charge in [-0.2, -0.15) is 5.10 Å². The number of nitrogens with one attached hydrogen (secondary N) is 2. The van der Waals surface area contributed by atoms with Gasteiger partial charge in [-0.15, -0.1) is 0 Å². The van der Waals surface area contributed by atoms with Crippen molar-refractivity contribution in [1.82, 2.24) is 9.97 Å². The highest BCUT2D eigenvalue weighted by Crippen LogP contribution is 2.16. The molecule has 3 aromatic rings. The third-order valence-corrected chi connectivity index (χ3v) is 3.64. The molecule has 2 N–H and O–H groups in total. The fourth-order valence-electron chi connectivity index (χ4n) is 2.28. The molecule has 0 aliphatic heterocycles. The fraction of sp³-hybridized carbons (Fsp3) is 0.105. The minimum Gasteiger partial charge on any atom is -0.489 e. The summed E-state index contributed by atoms with van der Waals surface area (Å²) in [5, 5.41) is 4.77. The van der Waals surface area contributed by atoms with Crippen molar-refractivity contribution in [3.63, 3.8) is 0 Å². The zero-order valence-corrected chi connectivity index (χ0v) is 14.8. The molecule has 0 bridgehead atoms. The van der Waals surface area contributed by atoms with E-state index in [-0.39, 0.29) is 5.56 Å². The average molecular weight is 369 g/mol. The monoisotopic (exact) mass is 368 g/mol. The van der Waals surface area contributed by atoms with Crippen LogP contribution < -0.4 is 15.7 Å². The predicted molar refractivity (Wildman–Crippen MR) is 103 cm³/mol. The Balaban J connectivity index is 1.62. The first-order valence-electron chi connectivity index (χ1n) is 7.93. The first-order chi connectivity index (χ1) is 12.6. The van der Waals surface area contributed by atoms with Gasteiger partial charge >= 0.3 is 0 Å². The first kappa shape index (κ1) is 17.7. The van der Waals surface area contributed by atoms with E-state index in [1.165, 1.54) is 6.07 Å². The molecule has 1 heterocycles. The van der Waals surface area contributed by atoms with Gasteiger partial charge in [-0.25, -0.2) is 10.4 Å². The van der Waals surface area contributed by atoms with Crippen molar-refractivity contribution in [2.75, 3.05) is 5.43 Å². The van der Waals surface area contributed by atoms with Crippen LogP contribution in [0.1, 0.15) is 16.8 Å². The van der Waals surface area contributed by atoms with E-state index in [4.69, 9.17) is 16.3 Å². The van der Waals surface area contributed by atoms with Crippen molar-refractivity contribution in [1.29, 1.82) is 0 Å².